The van der Waals surface area contributed by atoms with Crippen molar-refractivity contribution >= 4 is 24.2 Å². The fourth-order valence-electron chi connectivity index (χ4n) is 3.51. The molecule has 0 unspecified atom stereocenters. The zero-order valence-electron chi connectivity index (χ0n) is 19.3. The summed E-state index contributed by atoms with van der Waals surface area (Å²) in [6.07, 6.45) is 0.477. The quantitative estimate of drug-likeness (QED) is 0.201. The molecule has 9 nitrogen and oxygen atoms in total. The number of amides is 3. The maximum absolute atomic E-state index is 13.0. The molecule has 0 bridgehead atoms. The van der Waals surface area contributed by atoms with Crippen LogP contribution in [-0.4, -0.2) is 57.7 Å². The van der Waals surface area contributed by atoms with E-state index in [9.17, 15) is 29.5 Å². The molecule has 0 aliphatic rings. The number of hydroxylamine groups is 2. The molecule has 2 aromatic carbocycles. The summed E-state index contributed by atoms with van der Waals surface area (Å²) in [5.74, 6) is -2.58. The van der Waals surface area contributed by atoms with Crippen LogP contribution in [0, 0.1) is 5.92 Å². The second-order valence-corrected chi connectivity index (χ2v) is 8.47. The van der Waals surface area contributed by atoms with Crippen molar-refractivity contribution in [2.75, 3.05) is 0 Å². The predicted molar refractivity (Wildman–Crippen MR) is 125 cm³/mol. The molecule has 0 fully saturated rings. The monoisotopic (exact) mass is 469 g/mol. The van der Waals surface area contributed by atoms with Gasteiger partial charge in [0.05, 0.1) is 0 Å². The minimum Gasteiger partial charge on any atom is -0.480 e. The smallest absolute Gasteiger partial charge is 0.326 e. The van der Waals surface area contributed by atoms with Crippen LogP contribution in [0.4, 0.5) is 0 Å². The van der Waals surface area contributed by atoms with Crippen molar-refractivity contribution in [2.24, 2.45) is 5.92 Å². The minimum atomic E-state index is -1.26. The molecule has 0 heterocycles. The Bertz CT molecular complexity index is 952. The fourth-order valence-corrected chi connectivity index (χ4v) is 3.51. The van der Waals surface area contributed by atoms with Crippen molar-refractivity contribution in [3.63, 3.8) is 0 Å². The second kappa shape index (κ2) is 13.1. The number of carboxylic acids is 1. The van der Waals surface area contributed by atoms with Gasteiger partial charge < -0.3 is 15.7 Å². The molecule has 0 saturated carbocycles. The van der Waals surface area contributed by atoms with Crippen molar-refractivity contribution in [2.45, 2.75) is 51.2 Å². The summed E-state index contributed by atoms with van der Waals surface area (Å²) in [5.41, 5.74) is 1.45. The maximum atomic E-state index is 13.0. The Morgan fingerprint density at radius 1 is 0.853 bits per heavy atom. The van der Waals surface area contributed by atoms with Crippen LogP contribution in [0.25, 0.3) is 0 Å². The van der Waals surface area contributed by atoms with E-state index in [1.54, 1.807) is 54.6 Å². The Morgan fingerprint density at radius 2 is 1.35 bits per heavy atom. The molecule has 2 rings (SSSR count). The van der Waals surface area contributed by atoms with E-state index in [4.69, 9.17) is 0 Å². The minimum absolute atomic E-state index is 0.00248. The highest BCUT2D eigenvalue weighted by Gasteiger charge is 2.31. The highest BCUT2D eigenvalue weighted by molar-refractivity contribution is 5.92. The third-order valence-electron chi connectivity index (χ3n) is 5.24. The molecule has 0 aliphatic heterocycles. The first kappa shape index (κ1) is 26.5. The largest absolute Gasteiger partial charge is 0.480 e. The molecule has 0 aromatic heterocycles. The maximum Gasteiger partial charge on any atom is 0.326 e. The van der Waals surface area contributed by atoms with Gasteiger partial charge in [0.25, 0.3) is 0 Å². The first-order valence-electron chi connectivity index (χ1n) is 11.0. The third kappa shape index (κ3) is 8.32. The molecule has 9 heteroatoms. The molecular weight excluding hydrogens is 438 g/mol. The van der Waals surface area contributed by atoms with Gasteiger partial charge in [-0.3, -0.25) is 19.6 Å². The van der Waals surface area contributed by atoms with E-state index in [1.165, 1.54) is 0 Å². The topological polar surface area (TPSA) is 136 Å². The Morgan fingerprint density at radius 3 is 1.82 bits per heavy atom. The molecule has 0 spiro atoms. The van der Waals surface area contributed by atoms with Crippen LogP contribution >= 0.6 is 0 Å². The molecule has 3 amide bonds. The second-order valence-electron chi connectivity index (χ2n) is 8.47. The lowest BCUT2D eigenvalue weighted by Gasteiger charge is -2.27. The molecule has 3 atom stereocenters. The number of hydrogen-bond acceptors (Lipinski definition) is 5. The number of nitrogens with one attached hydrogen (secondary N) is 2. The number of carboxylic acid groups (broad SMARTS) is 1. The summed E-state index contributed by atoms with van der Waals surface area (Å²) >= 11 is 0. The third-order valence-corrected chi connectivity index (χ3v) is 5.24. The summed E-state index contributed by atoms with van der Waals surface area (Å²) in [7, 11) is 0. The Balaban J connectivity index is 2.16. The van der Waals surface area contributed by atoms with Gasteiger partial charge in [0.1, 0.15) is 18.1 Å². The first-order chi connectivity index (χ1) is 16.2. The average molecular weight is 470 g/mol. The lowest BCUT2D eigenvalue weighted by molar-refractivity contribution is -0.167. The Kier molecular flexibility index (Phi) is 10.2. The average Bonchev–Trinajstić information content (AvgIpc) is 2.82. The number of nitrogens with zero attached hydrogens (tertiary/aromatic N) is 1. The summed E-state index contributed by atoms with van der Waals surface area (Å²) in [6.45, 7) is 3.71. The van der Waals surface area contributed by atoms with E-state index in [1.807, 2.05) is 19.9 Å². The van der Waals surface area contributed by atoms with Gasteiger partial charge in [-0.25, -0.2) is 9.86 Å². The highest BCUT2D eigenvalue weighted by Crippen LogP contribution is 2.11. The fraction of sp³-hybridized carbons (Fsp3) is 0.360. The van der Waals surface area contributed by atoms with Crippen LogP contribution in [0.3, 0.4) is 0 Å². The van der Waals surface area contributed by atoms with Gasteiger partial charge in [0.2, 0.25) is 18.2 Å². The molecular formula is C25H31N3O6. The van der Waals surface area contributed by atoms with Crippen molar-refractivity contribution in [1.29, 1.82) is 0 Å². The van der Waals surface area contributed by atoms with E-state index < -0.39 is 35.9 Å². The van der Waals surface area contributed by atoms with Crippen LogP contribution in [0.5, 0.6) is 0 Å². The lowest BCUT2D eigenvalue weighted by atomic mass is 10.00. The van der Waals surface area contributed by atoms with Gasteiger partial charge >= 0.3 is 5.97 Å². The van der Waals surface area contributed by atoms with Crippen molar-refractivity contribution in [1.82, 2.24) is 15.7 Å². The zero-order valence-corrected chi connectivity index (χ0v) is 19.3. The van der Waals surface area contributed by atoms with Gasteiger partial charge in [0, 0.05) is 12.8 Å². The van der Waals surface area contributed by atoms with E-state index >= 15 is 0 Å². The highest BCUT2D eigenvalue weighted by atomic mass is 16.5. The van der Waals surface area contributed by atoms with Crippen LogP contribution in [0.15, 0.2) is 60.7 Å². The summed E-state index contributed by atoms with van der Waals surface area (Å²) in [5, 5.41) is 25.0. The molecule has 0 aliphatic carbocycles. The van der Waals surface area contributed by atoms with Crippen LogP contribution in [-0.2, 0) is 32.0 Å². The predicted octanol–water partition coefficient (Wildman–Crippen LogP) is 1.79. The molecule has 0 saturated heterocycles. The van der Waals surface area contributed by atoms with E-state index in [0.29, 0.717) is 5.56 Å². The number of carbonyl (C=O) groups excluding carboxylic acids is 3. The number of benzene rings is 2. The van der Waals surface area contributed by atoms with Crippen molar-refractivity contribution in [3.8, 4) is 0 Å². The van der Waals surface area contributed by atoms with Crippen LogP contribution in [0.1, 0.15) is 31.4 Å². The molecule has 182 valence electrons. The summed E-state index contributed by atoms with van der Waals surface area (Å²) in [6, 6.07) is 14.2. The number of rotatable bonds is 13. The van der Waals surface area contributed by atoms with Gasteiger partial charge in [-0.15, -0.1) is 0 Å². The molecule has 34 heavy (non-hydrogen) atoms. The van der Waals surface area contributed by atoms with E-state index in [0.717, 1.165) is 5.56 Å². The van der Waals surface area contributed by atoms with E-state index in [2.05, 4.69) is 10.6 Å². The Hall–Kier alpha value is -3.72. The van der Waals surface area contributed by atoms with Crippen molar-refractivity contribution in [3.05, 3.63) is 71.8 Å². The van der Waals surface area contributed by atoms with Gasteiger partial charge in [-0.2, -0.15) is 0 Å². The normalized spacial score (nSPS) is 13.4. The standard InChI is InChI=1S/C25H31N3O6/c1-17(2)13-20(23(30)27-21(25(32)33)14-18-9-5-3-6-10-18)26-24(31)22(28(34)16-29)15-19-11-7-4-8-12-19/h3-12,16-17,20-22,34H,13-15H2,1-2H3,(H,26,31)(H,27,30)(H,32,33)/t20-,21-,22+/m0/s1. The van der Waals surface area contributed by atoms with Crippen LogP contribution in [0.2, 0.25) is 0 Å². The lowest BCUT2D eigenvalue weighted by Crippen LogP contribution is -2.56. The number of carbonyl (C=O) groups is 4. The Labute approximate surface area is 198 Å². The SMILES string of the molecule is CC(C)C[C@H](NC(=O)[C@@H](Cc1ccccc1)N(O)C=O)C(=O)N[C@@H](Cc1ccccc1)C(=O)O. The number of aliphatic carboxylic acids is 1. The molecule has 2 aromatic rings. The van der Waals surface area contributed by atoms with Gasteiger partial charge in [-0.05, 0) is 23.5 Å². The summed E-state index contributed by atoms with van der Waals surface area (Å²) < 4.78 is 0. The first-order valence-corrected chi connectivity index (χ1v) is 11.0. The zero-order chi connectivity index (χ0) is 25.1. The molecule has 0 radical (unpaired) electrons. The van der Waals surface area contributed by atoms with E-state index in [-0.39, 0.29) is 36.7 Å². The van der Waals surface area contributed by atoms with Crippen LogP contribution < -0.4 is 10.6 Å². The molecule has 4 N–H and O–H groups in total. The van der Waals surface area contributed by atoms with Gasteiger partial charge in [-0.1, -0.05) is 74.5 Å². The van der Waals surface area contributed by atoms with Gasteiger partial charge in [0.15, 0.2) is 0 Å². The number of hydrogen-bond donors (Lipinski definition) is 4. The van der Waals surface area contributed by atoms with Crippen molar-refractivity contribution < 1.29 is 29.5 Å². The summed E-state index contributed by atoms with van der Waals surface area (Å²) in [4.78, 5) is 48.9.